The minimum absolute atomic E-state index is 0.00917. The normalized spacial score (nSPS) is 24.1. The number of carbonyl (C=O) groups excluding carboxylic acids is 1. The van der Waals surface area contributed by atoms with Gasteiger partial charge in [-0.25, -0.2) is 8.42 Å². The lowest BCUT2D eigenvalue weighted by Crippen LogP contribution is -2.37. The Kier molecular flexibility index (Phi) is 3.30. The third-order valence-electron chi connectivity index (χ3n) is 2.24. The van der Waals surface area contributed by atoms with E-state index in [4.69, 9.17) is 0 Å². The van der Waals surface area contributed by atoms with Crippen LogP contribution in [0.4, 0.5) is 0 Å². The third kappa shape index (κ3) is 3.76. The van der Waals surface area contributed by atoms with Crippen molar-refractivity contribution in [3.05, 3.63) is 0 Å². The SMILES string of the molecule is CS(=O)(=O)CCC1CCCNC1=O. The van der Waals surface area contributed by atoms with Gasteiger partial charge in [0.15, 0.2) is 0 Å². The summed E-state index contributed by atoms with van der Waals surface area (Å²) in [4.78, 5) is 11.2. The lowest BCUT2D eigenvalue weighted by atomic mass is 9.96. The summed E-state index contributed by atoms with van der Waals surface area (Å²) in [5, 5.41) is 2.73. The Morgan fingerprint density at radius 3 is 2.77 bits per heavy atom. The smallest absolute Gasteiger partial charge is 0.223 e. The van der Waals surface area contributed by atoms with Crippen molar-refractivity contribution in [2.75, 3.05) is 18.6 Å². The van der Waals surface area contributed by atoms with Gasteiger partial charge in [0.1, 0.15) is 9.84 Å². The molecule has 1 amide bonds. The molecule has 13 heavy (non-hydrogen) atoms. The Morgan fingerprint density at radius 1 is 1.54 bits per heavy atom. The van der Waals surface area contributed by atoms with Crippen molar-refractivity contribution in [2.24, 2.45) is 5.92 Å². The van der Waals surface area contributed by atoms with E-state index in [0.717, 1.165) is 19.4 Å². The molecule has 0 spiro atoms. The highest BCUT2D eigenvalue weighted by Gasteiger charge is 2.22. The number of piperidine rings is 1. The molecule has 0 aromatic heterocycles. The summed E-state index contributed by atoms with van der Waals surface area (Å²) in [5.74, 6) is 0.0313. The number of nitrogens with one attached hydrogen (secondary N) is 1. The fraction of sp³-hybridized carbons (Fsp3) is 0.875. The lowest BCUT2D eigenvalue weighted by molar-refractivity contribution is -0.126. The molecular formula is C8H15NO3S. The molecule has 1 N–H and O–H groups in total. The van der Waals surface area contributed by atoms with E-state index in [1.165, 1.54) is 6.26 Å². The Morgan fingerprint density at radius 2 is 2.23 bits per heavy atom. The Hall–Kier alpha value is -0.580. The molecule has 0 aliphatic carbocycles. The van der Waals surface area contributed by atoms with Crippen molar-refractivity contribution in [2.45, 2.75) is 19.3 Å². The van der Waals surface area contributed by atoms with E-state index in [9.17, 15) is 13.2 Å². The van der Waals surface area contributed by atoms with Gasteiger partial charge in [-0.2, -0.15) is 0 Å². The largest absolute Gasteiger partial charge is 0.356 e. The van der Waals surface area contributed by atoms with E-state index in [-0.39, 0.29) is 17.6 Å². The molecule has 0 saturated carbocycles. The molecule has 1 atom stereocenters. The molecule has 0 aromatic rings. The third-order valence-corrected chi connectivity index (χ3v) is 3.21. The quantitative estimate of drug-likeness (QED) is 0.702. The molecule has 1 aliphatic heterocycles. The summed E-state index contributed by atoms with van der Waals surface area (Å²) in [6, 6.07) is 0. The van der Waals surface area contributed by atoms with Crippen molar-refractivity contribution in [1.29, 1.82) is 0 Å². The maximum absolute atomic E-state index is 11.2. The van der Waals surface area contributed by atoms with Crippen LogP contribution in [-0.4, -0.2) is 32.9 Å². The monoisotopic (exact) mass is 205 g/mol. The minimum Gasteiger partial charge on any atom is -0.356 e. The Balaban J connectivity index is 2.40. The van der Waals surface area contributed by atoms with Gasteiger partial charge in [-0.05, 0) is 19.3 Å². The number of sulfone groups is 1. The van der Waals surface area contributed by atoms with Gasteiger partial charge in [-0.3, -0.25) is 4.79 Å². The van der Waals surface area contributed by atoms with E-state index in [1.807, 2.05) is 0 Å². The zero-order valence-electron chi connectivity index (χ0n) is 7.75. The zero-order chi connectivity index (χ0) is 9.90. The fourth-order valence-corrected chi connectivity index (χ4v) is 2.18. The Labute approximate surface area is 78.6 Å². The predicted octanol–water partition coefficient (Wildman–Crippen LogP) is -0.0527. The second-order valence-corrected chi connectivity index (χ2v) is 5.81. The summed E-state index contributed by atoms with van der Waals surface area (Å²) in [7, 11) is -2.93. The first-order valence-corrected chi connectivity index (χ1v) is 6.50. The topological polar surface area (TPSA) is 63.2 Å². The van der Waals surface area contributed by atoms with Gasteiger partial charge < -0.3 is 5.32 Å². The molecule has 1 rings (SSSR count). The Bertz CT molecular complexity index is 284. The van der Waals surface area contributed by atoms with Crippen LogP contribution in [0.3, 0.4) is 0 Å². The molecule has 4 nitrogen and oxygen atoms in total. The first-order valence-electron chi connectivity index (χ1n) is 4.44. The first-order chi connectivity index (χ1) is 5.99. The van der Waals surface area contributed by atoms with Gasteiger partial charge in [-0.1, -0.05) is 0 Å². The fourth-order valence-electron chi connectivity index (χ4n) is 1.47. The second-order valence-electron chi connectivity index (χ2n) is 3.55. The predicted molar refractivity (Wildman–Crippen MR) is 50.1 cm³/mol. The van der Waals surface area contributed by atoms with Crippen molar-refractivity contribution < 1.29 is 13.2 Å². The number of amides is 1. The molecule has 1 heterocycles. The van der Waals surface area contributed by atoms with E-state index in [2.05, 4.69) is 5.32 Å². The van der Waals surface area contributed by atoms with Gasteiger partial charge in [0.2, 0.25) is 5.91 Å². The molecule has 0 radical (unpaired) electrons. The average molecular weight is 205 g/mol. The molecule has 1 saturated heterocycles. The van der Waals surface area contributed by atoms with Crippen LogP contribution < -0.4 is 5.32 Å². The standard InChI is InChI=1S/C8H15NO3S/c1-13(11,12)6-4-7-3-2-5-9-8(7)10/h7H,2-6H2,1H3,(H,9,10). The van der Waals surface area contributed by atoms with E-state index in [0.29, 0.717) is 6.42 Å². The zero-order valence-corrected chi connectivity index (χ0v) is 8.56. The maximum atomic E-state index is 11.2. The van der Waals surface area contributed by atoms with E-state index >= 15 is 0 Å². The van der Waals surface area contributed by atoms with Crippen LogP contribution in [0.2, 0.25) is 0 Å². The number of hydrogen-bond donors (Lipinski definition) is 1. The van der Waals surface area contributed by atoms with Gasteiger partial charge in [0.05, 0.1) is 5.75 Å². The van der Waals surface area contributed by atoms with Crippen LogP contribution in [0, 0.1) is 5.92 Å². The number of carbonyl (C=O) groups is 1. The van der Waals surface area contributed by atoms with Crippen LogP contribution in [0.1, 0.15) is 19.3 Å². The van der Waals surface area contributed by atoms with Crippen molar-refractivity contribution in [3.8, 4) is 0 Å². The summed E-state index contributed by atoms with van der Waals surface area (Å²) >= 11 is 0. The van der Waals surface area contributed by atoms with E-state index in [1.54, 1.807) is 0 Å². The number of rotatable bonds is 3. The van der Waals surface area contributed by atoms with Gasteiger partial charge >= 0.3 is 0 Å². The minimum atomic E-state index is -2.93. The van der Waals surface area contributed by atoms with Crippen LogP contribution in [0.25, 0.3) is 0 Å². The van der Waals surface area contributed by atoms with Crippen LogP contribution in [0.5, 0.6) is 0 Å². The molecule has 1 unspecified atom stereocenters. The summed E-state index contributed by atoms with van der Waals surface area (Å²) in [6.45, 7) is 0.730. The van der Waals surface area contributed by atoms with Crippen LogP contribution >= 0.6 is 0 Å². The molecule has 1 aliphatic rings. The van der Waals surface area contributed by atoms with Crippen molar-refractivity contribution in [1.82, 2.24) is 5.32 Å². The molecule has 1 fully saturated rings. The van der Waals surface area contributed by atoms with E-state index < -0.39 is 9.84 Å². The maximum Gasteiger partial charge on any atom is 0.223 e. The molecule has 76 valence electrons. The average Bonchev–Trinajstić information content (AvgIpc) is 2.01. The molecule has 0 aromatic carbocycles. The van der Waals surface area contributed by atoms with Crippen molar-refractivity contribution in [3.63, 3.8) is 0 Å². The molecule has 5 heteroatoms. The highest BCUT2D eigenvalue weighted by atomic mass is 32.2. The molecule has 0 bridgehead atoms. The van der Waals surface area contributed by atoms with Gasteiger partial charge in [0.25, 0.3) is 0 Å². The van der Waals surface area contributed by atoms with Gasteiger partial charge in [0, 0.05) is 18.7 Å². The number of hydrogen-bond acceptors (Lipinski definition) is 3. The second kappa shape index (κ2) is 4.09. The molecular weight excluding hydrogens is 190 g/mol. The summed E-state index contributed by atoms with van der Waals surface area (Å²) in [6.07, 6.45) is 3.44. The highest BCUT2D eigenvalue weighted by molar-refractivity contribution is 7.90. The van der Waals surface area contributed by atoms with Crippen molar-refractivity contribution >= 4 is 15.7 Å². The summed E-state index contributed by atoms with van der Waals surface area (Å²) in [5.41, 5.74) is 0. The highest BCUT2D eigenvalue weighted by Crippen LogP contribution is 2.15. The first kappa shape index (κ1) is 10.5. The lowest BCUT2D eigenvalue weighted by Gasteiger charge is -2.21. The van der Waals surface area contributed by atoms with Crippen LogP contribution in [0.15, 0.2) is 0 Å². The van der Waals surface area contributed by atoms with Crippen LogP contribution in [-0.2, 0) is 14.6 Å². The summed E-state index contributed by atoms with van der Waals surface area (Å²) < 4.78 is 21.7. The van der Waals surface area contributed by atoms with Gasteiger partial charge in [-0.15, -0.1) is 0 Å².